The Morgan fingerprint density at radius 2 is 2.08 bits per heavy atom. The van der Waals surface area contributed by atoms with Gasteiger partial charge in [-0.2, -0.15) is 0 Å². The van der Waals surface area contributed by atoms with Gasteiger partial charge in [-0.25, -0.2) is 0 Å². The number of carboxylic acid groups (broad SMARTS) is 1. The molecular weight excluding hydrogens is 332 g/mol. The first-order valence-corrected chi connectivity index (χ1v) is 9.34. The Kier molecular flexibility index (Phi) is 4.01. The van der Waals surface area contributed by atoms with Crippen molar-refractivity contribution in [3.05, 3.63) is 29.8 Å². The number of nitrogens with one attached hydrogen (secondary N) is 1. The molecule has 6 heteroatoms. The molecule has 0 bridgehead atoms. The molecule has 26 heavy (non-hydrogen) atoms. The van der Waals surface area contributed by atoms with E-state index in [-0.39, 0.29) is 30.2 Å². The Hall–Kier alpha value is -2.37. The smallest absolute Gasteiger partial charge is 0.311 e. The fraction of sp³-hybridized carbons (Fsp3) is 0.550. The number of nitrogens with zero attached hydrogens (tertiary/aromatic N) is 1. The van der Waals surface area contributed by atoms with Crippen molar-refractivity contribution in [2.24, 2.45) is 23.2 Å². The van der Waals surface area contributed by atoms with Crippen molar-refractivity contribution in [1.82, 2.24) is 4.90 Å². The van der Waals surface area contributed by atoms with Gasteiger partial charge >= 0.3 is 5.97 Å². The highest BCUT2D eigenvalue weighted by atomic mass is 16.4. The van der Waals surface area contributed by atoms with E-state index in [1.165, 1.54) is 0 Å². The second-order valence-electron chi connectivity index (χ2n) is 8.13. The number of hydrogen-bond acceptors (Lipinski definition) is 3. The van der Waals surface area contributed by atoms with E-state index in [0.717, 1.165) is 19.3 Å². The summed E-state index contributed by atoms with van der Waals surface area (Å²) >= 11 is 0. The normalized spacial score (nSPS) is 32.2. The van der Waals surface area contributed by atoms with Gasteiger partial charge in [0.15, 0.2) is 0 Å². The van der Waals surface area contributed by atoms with E-state index in [4.69, 9.17) is 0 Å². The van der Waals surface area contributed by atoms with E-state index in [0.29, 0.717) is 30.1 Å². The van der Waals surface area contributed by atoms with Crippen LogP contribution in [0.3, 0.4) is 0 Å². The molecule has 2 amide bonds. The van der Waals surface area contributed by atoms with Crippen LogP contribution < -0.4 is 5.32 Å². The molecule has 1 aromatic rings. The molecule has 2 saturated carbocycles. The van der Waals surface area contributed by atoms with Crippen molar-refractivity contribution in [1.29, 1.82) is 0 Å². The van der Waals surface area contributed by atoms with Gasteiger partial charge in [0.2, 0.25) is 5.91 Å². The minimum Gasteiger partial charge on any atom is -0.481 e. The van der Waals surface area contributed by atoms with Crippen molar-refractivity contribution < 1.29 is 19.5 Å². The van der Waals surface area contributed by atoms with Crippen LogP contribution in [-0.4, -0.2) is 40.9 Å². The topological polar surface area (TPSA) is 86.7 Å². The van der Waals surface area contributed by atoms with E-state index in [1.54, 1.807) is 29.2 Å². The highest BCUT2D eigenvalue weighted by Crippen LogP contribution is 2.49. The summed E-state index contributed by atoms with van der Waals surface area (Å²) in [6, 6.07) is 6.94. The van der Waals surface area contributed by atoms with E-state index in [1.807, 2.05) is 6.92 Å². The van der Waals surface area contributed by atoms with Gasteiger partial charge in [0.05, 0.1) is 5.41 Å². The first-order chi connectivity index (χ1) is 12.4. The summed E-state index contributed by atoms with van der Waals surface area (Å²) in [6.45, 7) is 2.83. The summed E-state index contributed by atoms with van der Waals surface area (Å²) in [6.07, 6.45) is 3.34. The number of carbonyl (C=O) groups excluding carboxylic acids is 2. The first-order valence-electron chi connectivity index (χ1n) is 9.34. The average Bonchev–Trinajstić information content (AvgIpc) is 3.03. The zero-order valence-corrected chi connectivity index (χ0v) is 14.9. The molecule has 4 rings (SSSR count). The zero-order valence-electron chi connectivity index (χ0n) is 14.9. The Morgan fingerprint density at radius 3 is 2.73 bits per heavy atom. The predicted molar refractivity (Wildman–Crippen MR) is 95.7 cm³/mol. The van der Waals surface area contributed by atoms with Gasteiger partial charge < -0.3 is 15.3 Å². The predicted octanol–water partition coefficient (Wildman–Crippen LogP) is 2.61. The summed E-state index contributed by atoms with van der Waals surface area (Å²) in [5.74, 6) is -0.393. The first kappa shape index (κ1) is 17.1. The lowest BCUT2D eigenvalue weighted by Crippen LogP contribution is -2.37. The van der Waals surface area contributed by atoms with Crippen LogP contribution in [0.2, 0.25) is 0 Å². The van der Waals surface area contributed by atoms with E-state index >= 15 is 0 Å². The van der Waals surface area contributed by atoms with Crippen molar-refractivity contribution in [2.75, 3.05) is 18.4 Å². The molecule has 6 nitrogen and oxygen atoms in total. The molecule has 3 fully saturated rings. The Balaban J connectivity index is 1.48. The number of rotatable bonds is 4. The fourth-order valence-electron chi connectivity index (χ4n) is 4.63. The maximum Gasteiger partial charge on any atom is 0.311 e. The van der Waals surface area contributed by atoms with Gasteiger partial charge in [0.1, 0.15) is 0 Å². The zero-order chi connectivity index (χ0) is 18.5. The van der Waals surface area contributed by atoms with Crippen LogP contribution in [-0.2, 0) is 9.59 Å². The summed E-state index contributed by atoms with van der Waals surface area (Å²) in [7, 11) is 0. The number of aliphatic carboxylic acids is 1. The van der Waals surface area contributed by atoms with E-state index < -0.39 is 11.4 Å². The summed E-state index contributed by atoms with van der Waals surface area (Å²) < 4.78 is 0. The van der Waals surface area contributed by atoms with Crippen molar-refractivity contribution in [3.8, 4) is 0 Å². The number of hydrogen-bond donors (Lipinski definition) is 2. The standard InChI is InChI=1S/C20H24N2O4/c1-12-8-16(12)17(23)21-15-6-2-4-13(9-15)18(24)22-10-14-5-3-7-20(14,11-22)19(25)26/h2,4,6,9,12,14,16H,3,5,7-8,10-11H2,1H3,(H,21,23)(H,25,26)/t12?,14-,16?,20+/m0/s1. The Morgan fingerprint density at radius 1 is 1.31 bits per heavy atom. The van der Waals surface area contributed by atoms with Crippen LogP contribution in [0.4, 0.5) is 5.69 Å². The molecule has 0 aromatic heterocycles. The highest BCUT2D eigenvalue weighted by Gasteiger charge is 2.55. The lowest BCUT2D eigenvalue weighted by molar-refractivity contribution is -0.149. The molecule has 1 saturated heterocycles. The monoisotopic (exact) mass is 356 g/mol. The number of amides is 2. The van der Waals surface area contributed by atoms with E-state index in [9.17, 15) is 19.5 Å². The minimum atomic E-state index is -0.783. The number of carbonyl (C=O) groups is 3. The maximum atomic E-state index is 12.9. The van der Waals surface area contributed by atoms with E-state index in [2.05, 4.69) is 5.32 Å². The lowest BCUT2D eigenvalue weighted by atomic mass is 9.81. The molecule has 1 aliphatic heterocycles. The van der Waals surface area contributed by atoms with Crippen LogP contribution >= 0.6 is 0 Å². The summed E-state index contributed by atoms with van der Waals surface area (Å²) in [5.41, 5.74) is 0.336. The lowest BCUT2D eigenvalue weighted by Gasteiger charge is -2.23. The molecule has 3 aliphatic rings. The summed E-state index contributed by atoms with van der Waals surface area (Å²) in [4.78, 5) is 38.5. The number of fused-ring (bicyclic) bond motifs is 1. The second-order valence-corrected chi connectivity index (χ2v) is 8.13. The molecule has 2 unspecified atom stereocenters. The van der Waals surface area contributed by atoms with Crippen molar-refractivity contribution >= 4 is 23.5 Å². The Labute approximate surface area is 152 Å². The molecule has 4 atom stereocenters. The highest BCUT2D eigenvalue weighted by molar-refractivity contribution is 5.98. The second kappa shape index (κ2) is 6.11. The Bertz CT molecular complexity index is 777. The number of benzene rings is 1. The van der Waals surface area contributed by atoms with Crippen LogP contribution in [0.1, 0.15) is 43.0 Å². The van der Waals surface area contributed by atoms with Gasteiger partial charge in [-0.05, 0) is 49.3 Å². The van der Waals surface area contributed by atoms with Crippen LogP contribution in [0.5, 0.6) is 0 Å². The van der Waals surface area contributed by atoms with Gasteiger partial charge in [0.25, 0.3) is 5.91 Å². The molecule has 1 aromatic carbocycles. The average molecular weight is 356 g/mol. The third-order valence-electron chi connectivity index (χ3n) is 6.41. The molecular formula is C20H24N2O4. The molecule has 2 aliphatic carbocycles. The largest absolute Gasteiger partial charge is 0.481 e. The summed E-state index contributed by atoms with van der Waals surface area (Å²) in [5, 5.41) is 12.6. The third-order valence-corrected chi connectivity index (χ3v) is 6.41. The van der Waals surface area contributed by atoms with Crippen molar-refractivity contribution in [3.63, 3.8) is 0 Å². The molecule has 0 spiro atoms. The van der Waals surface area contributed by atoms with Crippen LogP contribution in [0, 0.1) is 23.2 Å². The number of anilines is 1. The molecule has 1 heterocycles. The fourth-order valence-corrected chi connectivity index (χ4v) is 4.63. The number of carboxylic acids is 1. The third kappa shape index (κ3) is 2.77. The maximum absolute atomic E-state index is 12.9. The SMILES string of the molecule is CC1CC1C(=O)Nc1cccc(C(=O)N2C[C@@H]3CCC[C@@]3(C(=O)O)C2)c1. The van der Waals surface area contributed by atoms with Gasteiger partial charge in [-0.15, -0.1) is 0 Å². The molecule has 0 radical (unpaired) electrons. The van der Waals surface area contributed by atoms with Gasteiger partial charge in [-0.1, -0.05) is 19.4 Å². The van der Waals surface area contributed by atoms with Gasteiger partial charge in [-0.3, -0.25) is 14.4 Å². The molecule has 138 valence electrons. The molecule has 2 N–H and O–H groups in total. The van der Waals surface area contributed by atoms with Crippen LogP contribution in [0.25, 0.3) is 0 Å². The number of likely N-dealkylation sites (tertiary alicyclic amines) is 1. The minimum absolute atomic E-state index is 0.00244. The van der Waals surface area contributed by atoms with Gasteiger partial charge in [0, 0.05) is 30.3 Å². The van der Waals surface area contributed by atoms with Crippen molar-refractivity contribution in [2.45, 2.75) is 32.6 Å². The van der Waals surface area contributed by atoms with Crippen LogP contribution in [0.15, 0.2) is 24.3 Å². The quantitative estimate of drug-likeness (QED) is 0.868.